The van der Waals surface area contributed by atoms with Gasteiger partial charge in [0.15, 0.2) is 5.76 Å². The smallest absolute Gasteiger partial charge is 0.344 e. The van der Waals surface area contributed by atoms with E-state index in [1.807, 2.05) is 0 Å². The Morgan fingerprint density at radius 2 is 1.97 bits per heavy atom. The Labute approximate surface area is 179 Å². The standard InChI is InChI=1S/C21H15ClF3N3O3/c1-30-21(29)16-17(11-5-7-12(22)8-6-11)28-31-19(16)15(10-26)18(20(24)25)27-14-4-2-3-13(23)9-14/h2-10,20H,26H2,1H3. The summed E-state index contributed by atoms with van der Waals surface area (Å²) in [5.74, 6) is -1.91. The maximum atomic E-state index is 13.9. The van der Waals surface area contributed by atoms with Gasteiger partial charge in [-0.3, -0.25) is 0 Å². The first-order valence-corrected chi connectivity index (χ1v) is 9.12. The third kappa shape index (κ3) is 4.77. The highest BCUT2D eigenvalue weighted by Crippen LogP contribution is 2.33. The van der Waals surface area contributed by atoms with Crippen LogP contribution >= 0.6 is 11.6 Å². The van der Waals surface area contributed by atoms with Crippen molar-refractivity contribution in [3.8, 4) is 11.3 Å². The van der Waals surface area contributed by atoms with Gasteiger partial charge < -0.3 is 15.0 Å². The second-order valence-corrected chi connectivity index (χ2v) is 6.53. The molecule has 3 aromatic rings. The molecule has 31 heavy (non-hydrogen) atoms. The second-order valence-electron chi connectivity index (χ2n) is 6.09. The summed E-state index contributed by atoms with van der Waals surface area (Å²) in [5, 5.41) is 4.28. The van der Waals surface area contributed by atoms with Crippen LogP contribution in [0.3, 0.4) is 0 Å². The largest absolute Gasteiger partial charge is 0.465 e. The molecule has 0 saturated heterocycles. The molecule has 0 spiro atoms. The molecule has 6 nitrogen and oxygen atoms in total. The lowest BCUT2D eigenvalue weighted by Crippen LogP contribution is -2.16. The highest BCUT2D eigenvalue weighted by Gasteiger charge is 2.31. The van der Waals surface area contributed by atoms with Crippen molar-refractivity contribution in [3.05, 3.63) is 76.9 Å². The van der Waals surface area contributed by atoms with E-state index < -0.39 is 29.5 Å². The average Bonchev–Trinajstić information content (AvgIpc) is 3.18. The number of esters is 1. The van der Waals surface area contributed by atoms with E-state index in [1.54, 1.807) is 24.3 Å². The van der Waals surface area contributed by atoms with Crippen molar-refractivity contribution in [1.82, 2.24) is 5.16 Å². The summed E-state index contributed by atoms with van der Waals surface area (Å²) in [5.41, 5.74) is 4.53. The van der Waals surface area contributed by atoms with Crippen LogP contribution in [0.4, 0.5) is 18.9 Å². The van der Waals surface area contributed by atoms with Gasteiger partial charge in [0.1, 0.15) is 22.8 Å². The van der Waals surface area contributed by atoms with Gasteiger partial charge in [-0.2, -0.15) is 0 Å². The van der Waals surface area contributed by atoms with Crippen LogP contribution in [-0.4, -0.2) is 30.4 Å². The Balaban J connectivity index is 2.18. The van der Waals surface area contributed by atoms with E-state index in [-0.39, 0.29) is 22.7 Å². The number of halogens is 4. The average molecular weight is 450 g/mol. The van der Waals surface area contributed by atoms with Gasteiger partial charge in [0, 0.05) is 16.8 Å². The van der Waals surface area contributed by atoms with E-state index in [2.05, 4.69) is 10.1 Å². The summed E-state index contributed by atoms with van der Waals surface area (Å²) in [6, 6.07) is 11.0. The van der Waals surface area contributed by atoms with Gasteiger partial charge in [-0.25, -0.2) is 23.0 Å². The van der Waals surface area contributed by atoms with E-state index in [0.29, 0.717) is 10.6 Å². The molecule has 0 bridgehead atoms. The van der Waals surface area contributed by atoms with Crippen LogP contribution in [0.25, 0.3) is 16.8 Å². The summed E-state index contributed by atoms with van der Waals surface area (Å²) in [7, 11) is 1.12. The summed E-state index contributed by atoms with van der Waals surface area (Å²) in [6.07, 6.45) is -2.32. The minimum absolute atomic E-state index is 0.0391. The van der Waals surface area contributed by atoms with Gasteiger partial charge in [-0.05, 0) is 30.3 Å². The number of nitrogens with zero attached hydrogens (tertiary/aromatic N) is 2. The molecule has 1 aromatic heterocycles. The molecule has 0 atom stereocenters. The number of carbonyl (C=O) groups is 1. The molecule has 0 fully saturated rings. The van der Waals surface area contributed by atoms with Gasteiger partial charge in [0.25, 0.3) is 6.43 Å². The summed E-state index contributed by atoms with van der Waals surface area (Å²) in [6.45, 7) is 0. The second kappa shape index (κ2) is 9.48. The van der Waals surface area contributed by atoms with E-state index in [4.69, 9.17) is 26.6 Å². The maximum absolute atomic E-state index is 13.9. The number of carbonyl (C=O) groups excluding carboxylic acids is 1. The molecule has 0 aliphatic heterocycles. The Morgan fingerprint density at radius 3 is 2.55 bits per heavy atom. The highest BCUT2D eigenvalue weighted by molar-refractivity contribution is 6.30. The number of hydrogen-bond acceptors (Lipinski definition) is 6. The van der Waals surface area contributed by atoms with Crippen molar-refractivity contribution in [3.63, 3.8) is 0 Å². The lowest BCUT2D eigenvalue weighted by atomic mass is 10.00. The fourth-order valence-corrected chi connectivity index (χ4v) is 2.88. The molecule has 0 aliphatic carbocycles. The van der Waals surface area contributed by atoms with Crippen molar-refractivity contribution in [2.24, 2.45) is 10.7 Å². The molecule has 0 radical (unpaired) electrons. The molecule has 0 aliphatic rings. The van der Waals surface area contributed by atoms with Gasteiger partial charge in [0.05, 0.1) is 18.4 Å². The Hall–Kier alpha value is -3.59. The molecule has 0 amide bonds. The number of allylic oxidation sites excluding steroid dienone is 1. The van der Waals surface area contributed by atoms with Crippen molar-refractivity contribution < 1.29 is 27.2 Å². The zero-order valence-electron chi connectivity index (χ0n) is 16.0. The molecule has 2 N–H and O–H groups in total. The van der Waals surface area contributed by atoms with Crippen LogP contribution in [0.15, 0.2) is 64.2 Å². The van der Waals surface area contributed by atoms with Crippen LogP contribution in [0, 0.1) is 5.82 Å². The molecule has 3 rings (SSSR count). The minimum atomic E-state index is -3.13. The molecular formula is C21H15ClF3N3O3. The molecular weight excluding hydrogens is 435 g/mol. The molecule has 0 unspecified atom stereocenters. The summed E-state index contributed by atoms with van der Waals surface area (Å²) < 4.78 is 51.2. The Bertz CT molecular complexity index is 1160. The van der Waals surface area contributed by atoms with Crippen LogP contribution in [0.1, 0.15) is 16.1 Å². The predicted molar refractivity (Wildman–Crippen MR) is 110 cm³/mol. The number of alkyl halides is 2. The Morgan fingerprint density at radius 1 is 1.26 bits per heavy atom. The van der Waals surface area contributed by atoms with E-state index in [0.717, 1.165) is 25.4 Å². The number of methoxy groups -OCH3 is 1. The SMILES string of the molecule is COC(=O)c1c(-c2ccc(Cl)cc2)noc1C(=CN)C(=Nc1cccc(F)c1)C(F)F. The molecule has 2 aromatic carbocycles. The monoisotopic (exact) mass is 449 g/mol. The number of aromatic nitrogens is 1. The minimum Gasteiger partial charge on any atom is -0.465 e. The fraction of sp³-hybridized carbons (Fsp3) is 0.0952. The van der Waals surface area contributed by atoms with Crippen LogP contribution < -0.4 is 5.73 Å². The van der Waals surface area contributed by atoms with Crippen LogP contribution in [0.2, 0.25) is 5.02 Å². The number of rotatable bonds is 6. The summed E-state index contributed by atoms with van der Waals surface area (Å²) >= 11 is 5.88. The normalized spacial score (nSPS) is 12.3. The van der Waals surface area contributed by atoms with Crippen molar-refractivity contribution in [1.29, 1.82) is 0 Å². The first-order valence-electron chi connectivity index (χ1n) is 8.74. The topological polar surface area (TPSA) is 90.7 Å². The number of hydrogen-bond donors (Lipinski definition) is 1. The van der Waals surface area contributed by atoms with Gasteiger partial charge in [-0.1, -0.05) is 35.0 Å². The Kier molecular flexibility index (Phi) is 6.76. The van der Waals surface area contributed by atoms with Crippen LogP contribution in [0.5, 0.6) is 0 Å². The molecule has 160 valence electrons. The highest BCUT2D eigenvalue weighted by atomic mass is 35.5. The third-order valence-corrected chi connectivity index (χ3v) is 4.40. The van der Waals surface area contributed by atoms with Gasteiger partial charge in [-0.15, -0.1) is 0 Å². The lowest BCUT2D eigenvalue weighted by Gasteiger charge is -2.09. The number of benzene rings is 2. The number of nitrogens with two attached hydrogens (primary N) is 1. The van der Waals surface area contributed by atoms with Crippen molar-refractivity contribution in [2.45, 2.75) is 6.43 Å². The van der Waals surface area contributed by atoms with Crippen molar-refractivity contribution in [2.75, 3.05) is 7.11 Å². The van der Waals surface area contributed by atoms with E-state index in [1.165, 1.54) is 12.1 Å². The van der Waals surface area contributed by atoms with Gasteiger partial charge >= 0.3 is 5.97 Å². The lowest BCUT2D eigenvalue weighted by molar-refractivity contribution is 0.0600. The van der Waals surface area contributed by atoms with Gasteiger partial charge in [0.2, 0.25) is 0 Å². The van der Waals surface area contributed by atoms with E-state index in [9.17, 15) is 18.0 Å². The molecule has 0 saturated carbocycles. The third-order valence-electron chi connectivity index (χ3n) is 4.15. The predicted octanol–water partition coefficient (Wildman–Crippen LogP) is 5.26. The molecule has 10 heteroatoms. The van der Waals surface area contributed by atoms with Crippen LogP contribution in [-0.2, 0) is 4.74 Å². The van der Waals surface area contributed by atoms with E-state index >= 15 is 0 Å². The maximum Gasteiger partial charge on any atom is 0.344 e. The first-order chi connectivity index (χ1) is 14.8. The summed E-state index contributed by atoms with van der Waals surface area (Å²) in [4.78, 5) is 16.3. The zero-order chi connectivity index (χ0) is 22.5. The number of ether oxygens (including phenoxy) is 1. The quantitative estimate of drug-likeness (QED) is 0.409. The van der Waals surface area contributed by atoms with Crippen molar-refractivity contribution >= 4 is 34.5 Å². The first kappa shape index (κ1) is 22.1. The fourth-order valence-electron chi connectivity index (χ4n) is 2.76. The zero-order valence-corrected chi connectivity index (χ0v) is 16.7. The number of aliphatic imine (C=N–C) groups is 1. The molecule has 1 heterocycles.